The summed E-state index contributed by atoms with van der Waals surface area (Å²) in [5, 5.41) is 10.9. The van der Waals surface area contributed by atoms with Crippen LogP contribution < -0.4 is 4.31 Å². The van der Waals surface area contributed by atoms with Crippen LogP contribution in [0.3, 0.4) is 0 Å². The molecule has 0 aliphatic carbocycles. The van der Waals surface area contributed by atoms with E-state index in [4.69, 9.17) is 0 Å². The first-order valence-corrected chi connectivity index (χ1v) is 11.9. The highest BCUT2D eigenvalue weighted by molar-refractivity contribution is 7.92. The topological polar surface area (TPSA) is 77.9 Å². The van der Waals surface area contributed by atoms with Gasteiger partial charge in [0.2, 0.25) is 10.0 Å². The lowest BCUT2D eigenvalue weighted by Gasteiger charge is -2.38. The number of hydrogen-bond acceptors (Lipinski definition) is 5. The number of benzene rings is 2. The number of halogens is 1. The van der Waals surface area contributed by atoms with Crippen molar-refractivity contribution in [1.82, 2.24) is 4.90 Å². The molecule has 0 aromatic heterocycles. The van der Waals surface area contributed by atoms with Crippen LogP contribution in [-0.4, -0.2) is 56.6 Å². The summed E-state index contributed by atoms with van der Waals surface area (Å²) in [5.41, 5.74) is 1.15. The summed E-state index contributed by atoms with van der Waals surface area (Å²) in [4.78, 5) is 14.7. The molecule has 0 radical (unpaired) electrons. The molecule has 160 valence electrons. The summed E-state index contributed by atoms with van der Waals surface area (Å²) in [5.74, 6) is -0.460. The van der Waals surface area contributed by atoms with Gasteiger partial charge in [0, 0.05) is 30.8 Å². The third-order valence-corrected chi connectivity index (χ3v) is 7.26. The molecule has 0 atom stereocenters. The van der Waals surface area contributed by atoms with Gasteiger partial charge in [0.05, 0.1) is 24.1 Å². The van der Waals surface area contributed by atoms with E-state index in [2.05, 4.69) is 0 Å². The maximum absolute atomic E-state index is 14.1. The molecule has 30 heavy (non-hydrogen) atoms. The first-order valence-electron chi connectivity index (χ1n) is 10.0. The predicted molar refractivity (Wildman–Crippen MR) is 113 cm³/mol. The fourth-order valence-corrected chi connectivity index (χ4v) is 5.33. The summed E-state index contributed by atoms with van der Waals surface area (Å²) in [7, 11) is -3.32. The van der Waals surface area contributed by atoms with Crippen molar-refractivity contribution in [2.45, 2.75) is 24.9 Å². The van der Waals surface area contributed by atoms with Crippen LogP contribution in [0.5, 0.6) is 0 Å². The second kappa shape index (κ2) is 7.76. The van der Waals surface area contributed by atoms with Crippen molar-refractivity contribution < 1.29 is 22.7 Å². The zero-order chi connectivity index (χ0) is 21.5. The molecule has 2 aliphatic heterocycles. The smallest absolute Gasteiger partial charge is 0.232 e. The lowest BCUT2D eigenvalue weighted by atomic mass is 9.84. The number of nitrogens with zero attached hydrogens (tertiary/aromatic N) is 2. The van der Waals surface area contributed by atoms with E-state index in [-0.39, 0.29) is 12.3 Å². The van der Waals surface area contributed by atoms with Gasteiger partial charge in [0.25, 0.3) is 0 Å². The number of piperidine rings is 1. The maximum atomic E-state index is 14.1. The molecule has 0 saturated carbocycles. The van der Waals surface area contributed by atoms with E-state index >= 15 is 0 Å². The number of sulfonamides is 1. The summed E-state index contributed by atoms with van der Waals surface area (Å²) < 4.78 is 39.2. The first-order chi connectivity index (χ1) is 14.2. The minimum absolute atomic E-state index is 0.0491. The molecule has 2 aromatic carbocycles. The van der Waals surface area contributed by atoms with Crippen molar-refractivity contribution in [3.05, 3.63) is 65.0 Å². The molecule has 0 unspecified atom stereocenters. The molecule has 1 fully saturated rings. The van der Waals surface area contributed by atoms with E-state index in [1.165, 1.54) is 16.6 Å². The Balaban J connectivity index is 1.41. The van der Waals surface area contributed by atoms with Gasteiger partial charge in [-0.25, -0.2) is 12.8 Å². The SMILES string of the molecule is CS(=O)(=O)N1CCc2cc(C(=O)CN3CCC(O)(c4ccccc4F)CC3)ccc21. The molecule has 8 heteroatoms. The van der Waals surface area contributed by atoms with Gasteiger partial charge in [-0.2, -0.15) is 0 Å². The Morgan fingerprint density at radius 2 is 1.83 bits per heavy atom. The van der Waals surface area contributed by atoms with Gasteiger partial charge < -0.3 is 5.11 Å². The van der Waals surface area contributed by atoms with Crippen molar-refractivity contribution in [2.24, 2.45) is 0 Å². The van der Waals surface area contributed by atoms with E-state index in [9.17, 15) is 22.7 Å². The average molecular weight is 433 g/mol. The Kier molecular flexibility index (Phi) is 5.42. The molecule has 4 rings (SSSR count). The van der Waals surface area contributed by atoms with E-state index in [1.54, 1.807) is 36.4 Å². The van der Waals surface area contributed by atoms with Gasteiger partial charge in [-0.1, -0.05) is 18.2 Å². The summed E-state index contributed by atoms with van der Waals surface area (Å²) >= 11 is 0. The van der Waals surface area contributed by atoms with Gasteiger partial charge in [-0.15, -0.1) is 0 Å². The molecular formula is C22H25FN2O4S. The number of aliphatic hydroxyl groups is 1. The molecule has 2 aliphatic rings. The van der Waals surface area contributed by atoms with E-state index < -0.39 is 21.4 Å². The van der Waals surface area contributed by atoms with E-state index in [0.29, 0.717) is 55.7 Å². The highest BCUT2D eigenvalue weighted by atomic mass is 32.2. The molecular weight excluding hydrogens is 407 g/mol. The lowest BCUT2D eigenvalue weighted by molar-refractivity contribution is -0.0271. The van der Waals surface area contributed by atoms with Gasteiger partial charge >= 0.3 is 0 Å². The van der Waals surface area contributed by atoms with Gasteiger partial charge in [0.1, 0.15) is 5.82 Å². The molecule has 0 bridgehead atoms. The molecule has 1 saturated heterocycles. The number of ketones is 1. The summed E-state index contributed by atoms with van der Waals surface area (Å²) in [6, 6.07) is 11.4. The van der Waals surface area contributed by atoms with Crippen molar-refractivity contribution in [3.8, 4) is 0 Å². The van der Waals surface area contributed by atoms with Crippen LogP contribution in [0, 0.1) is 5.82 Å². The Labute approximate surface area is 176 Å². The number of carbonyl (C=O) groups is 1. The lowest BCUT2D eigenvalue weighted by Crippen LogP contribution is -2.44. The fourth-order valence-electron chi connectivity index (χ4n) is 4.37. The number of fused-ring (bicyclic) bond motifs is 1. The second-order valence-electron chi connectivity index (χ2n) is 8.14. The maximum Gasteiger partial charge on any atom is 0.232 e. The normalized spacial score (nSPS) is 19.0. The van der Waals surface area contributed by atoms with Crippen LogP contribution in [-0.2, 0) is 22.0 Å². The summed E-state index contributed by atoms with van der Waals surface area (Å²) in [6.07, 6.45) is 2.48. The minimum Gasteiger partial charge on any atom is -0.385 e. The highest BCUT2D eigenvalue weighted by Gasteiger charge is 2.36. The van der Waals surface area contributed by atoms with Crippen molar-refractivity contribution in [2.75, 3.05) is 36.7 Å². The average Bonchev–Trinajstić information content (AvgIpc) is 3.14. The van der Waals surface area contributed by atoms with Crippen molar-refractivity contribution in [1.29, 1.82) is 0 Å². The van der Waals surface area contributed by atoms with Gasteiger partial charge in [-0.05, 0) is 49.1 Å². The molecule has 0 amide bonds. The monoisotopic (exact) mass is 432 g/mol. The number of Topliss-reactive ketones (excluding diaryl/α,β-unsaturated/α-hetero) is 1. The third-order valence-electron chi connectivity index (χ3n) is 6.08. The summed E-state index contributed by atoms with van der Waals surface area (Å²) in [6.45, 7) is 1.58. The van der Waals surface area contributed by atoms with Crippen LogP contribution in [0.25, 0.3) is 0 Å². The Morgan fingerprint density at radius 3 is 2.50 bits per heavy atom. The van der Waals surface area contributed by atoms with E-state index in [0.717, 1.165) is 5.56 Å². The van der Waals surface area contributed by atoms with Gasteiger partial charge in [0.15, 0.2) is 5.78 Å². The number of carbonyl (C=O) groups excluding carboxylic acids is 1. The first kappa shape index (κ1) is 21.0. The molecule has 2 heterocycles. The van der Waals surface area contributed by atoms with Crippen molar-refractivity contribution in [3.63, 3.8) is 0 Å². The zero-order valence-corrected chi connectivity index (χ0v) is 17.7. The molecule has 0 spiro atoms. The van der Waals surface area contributed by atoms with Crippen LogP contribution in [0.1, 0.15) is 34.3 Å². The predicted octanol–water partition coefficient (Wildman–Crippen LogP) is 2.31. The standard InChI is InChI=1S/C22H25FN2O4S/c1-30(28,29)25-11-8-16-14-17(6-7-20(16)25)21(26)15-24-12-9-22(27,10-13-24)18-4-2-3-5-19(18)23/h2-7,14,27H,8-13,15H2,1H3. The number of likely N-dealkylation sites (tertiary alicyclic amines) is 1. The fraction of sp³-hybridized carbons (Fsp3) is 0.409. The largest absolute Gasteiger partial charge is 0.385 e. The third kappa shape index (κ3) is 3.99. The molecule has 6 nitrogen and oxygen atoms in total. The molecule has 1 N–H and O–H groups in total. The molecule has 2 aromatic rings. The Bertz CT molecular complexity index is 1080. The van der Waals surface area contributed by atoms with Crippen LogP contribution in [0.15, 0.2) is 42.5 Å². The number of hydrogen-bond donors (Lipinski definition) is 1. The van der Waals surface area contributed by atoms with Gasteiger partial charge in [-0.3, -0.25) is 14.0 Å². The second-order valence-corrected chi connectivity index (χ2v) is 10.0. The van der Waals surface area contributed by atoms with Crippen LogP contribution >= 0.6 is 0 Å². The van der Waals surface area contributed by atoms with Crippen molar-refractivity contribution >= 4 is 21.5 Å². The zero-order valence-electron chi connectivity index (χ0n) is 16.8. The number of anilines is 1. The van der Waals surface area contributed by atoms with Crippen LogP contribution in [0.2, 0.25) is 0 Å². The Morgan fingerprint density at radius 1 is 1.13 bits per heavy atom. The highest BCUT2D eigenvalue weighted by Crippen LogP contribution is 2.34. The Hall–Kier alpha value is -2.29. The van der Waals surface area contributed by atoms with E-state index in [1.807, 2.05) is 4.90 Å². The quantitative estimate of drug-likeness (QED) is 0.734. The number of rotatable bonds is 5. The van der Waals surface area contributed by atoms with Crippen LogP contribution in [0.4, 0.5) is 10.1 Å². The minimum atomic E-state index is -3.32.